The number of fused-ring (bicyclic) bond motifs is 1. The van der Waals surface area contributed by atoms with Crippen molar-refractivity contribution in [3.8, 4) is 0 Å². The molecule has 4 amide bonds. The van der Waals surface area contributed by atoms with E-state index in [1.165, 1.54) is 0 Å². The molecule has 2 unspecified atom stereocenters. The predicted molar refractivity (Wildman–Crippen MR) is 116 cm³/mol. The lowest BCUT2D eigenvalue weighted by molar-refractivity contribution is -0.126. The molecular weight excluding hydrogens is 380 g/mol. The van der Waals surface area contributed by atoms with Crippen LogP contribution in [0.1, 0.15) is 49.9 Å². The molecule has 30 heavy (non-hydrogen) atoms. The minimum atomic E-state index is -0.182. The van der Waals surface area contributed by atoms with Gasteiger partial charge in [0, 0.05) is 44.3 Å². The van der Waals surface area contributed by atoms with Crippen LogP contribution in [0.3, 0.4) is 0 Å². The number of benzene rings is 1. The van der Waals surface area contributed by atoms with Crippen LogP contribution in [0.4, 0.5) is 4.79 Å². The minimum Gasteiger partial charge on any atom is -0.354 e. The second kappa shape index (κ2) is 10.5. The molecule has 2 N–H and O–H groups in total. The van der Waals surface area contributed by atoms with Gasteiger partial charge in [0.2, 0.25) is 5.91 Å². The summed E-state index contributed by atoms with van der Waals surface area (Å²) in [6, 6.07) is 9.06. The first-order valence-electron chi connectivity index (χ1n) is 11.1. The molecular formula is C23H34N4O3. The third-order valence-electron chi connectivity index (χ3n) is 5.95. The minimum absolute atomic E-state index is 0.00667. The number of rotatable bonds is 3. The second-order valence-electron chi connectivity index (χ2n) is 8.68. The van der Waals surface area contributed by atoms with Crippen molar-refractivity contribution in [1.82, 2.24) is 20.4 Å². The monoisotopic (exact) mass is 414 g/mol. The molecule has 2 aliphatic rings. The average Bonchev–Trinajstić information content (AvgIpc) is 3.22. The average molecular weight is 415 g/mol. The van der Waals surface area contributed by atoms with Gasteiger partial charge >= 0.3 is 6.03 Å². The largest absolute Gasteiger partial charge is 0.354 e. The van der Waals surface area contributed by atoms with Crippen LogP contribution < -0.4 is 10.6 Å². The number of urea groups is 1. The summed E-state index contributed by atoms with van der Waals surface area (Å²) >= 11 is 0. The van der Waals surface area contributed by atoms with Crippen LogP contribution in [-0.4, -0.2) is 66.4 Å². The van der Waals surface area contributed by atoms with E-state index in [2.05, 4.69) is 24.5 Å². The first kappa shape index (κ1) is 22.1. The van der Waals surface area contributed by atoms with Crippen LogP contribution in [0.2, 0.25) is 0 Å². The van der Waals surface area contributed by atoms with E-state index < -0.39 is 0 Å². The molecule has 0 bridgehead atoms. The quantitative estimate of drug-likeness (QED) is 0.797. The molecule has 1 aliphatic carbocycles. The van der Waals surface area contributed by atoms with Gasteiger partial charge in [0.15, 0.2) is 0 Å². The molecule has 1 aromatic rings. The maximum absolute atomic E-state index is 13.3. The van der Waals surface area contributed by atoms with E-state index in [4.69, 9.17) is 0 Å². The van der Waals surface area contributed by atoms with Crippen LogP contribution in [0.15, 0.2) is 30.3 Å². The molecule has 1 saturated heterocycles. The number of nitrogens with one attached hydrogen (secondary N) is 2. The van der Waals surface area contributed by atoms with Crippen LogP contribution >= 0.6 is 0 Å². The van der Waals surface area contributed by atoms with E-state index in [0.717, 1.165) is 19.3 Å². The Labute approximate surface area is 179 Å². The molecule has 1 heterocycles. The van der Waals surface area contributed by atoms with Crippen molar-refractivity contribution in [3.63, 3.8) is 0 Å². The first-order valence-corrected chi connectivity index (χ1v) is 11.1. The highest BCUT2D eigenvalue weighted by Gasteiger charge is 2.39. The zero-order valence-electron chi connectivity index (χ0n) is 18.1. The second-order valence-corrected chi connectivity index (χ2v) is 8.68. The molecule has 1 aliphatic heterocycles. The molecule has 1 saturated carbocycles. The van der Waals surface area contributed by atoms with Crippen molar-refractivity contribution in [3.05, 3.63) is 35.9 Å². The Hall–Kier alpha value is -2.57. The summed E-state index contributed by atoms with van der Waals surface area (Å²) in [6.45, 7) is 6.72. The topological polar surface area (TPSA) is 81.8 Å². The standard InChI is InChI=1S/C23H34N4O3/c1-17(2)16-25-23(30)26-13-7-14-27(22(29)18-8-4-3-5-9-18)20-11-6-10-19(20)21(28)24-12-15-26/h3-5,8-9,17,19-20H,6-7,10-16H2,1-2H3,(H,24,28)(H,25,30). The van der Waals surface area contributed by atoms with E-state index in [9.17, 15) is 14.4 Å². The Kier molecular flexibility index (Phi) is 7.71. The number of carbonyl (C=O) groups excluding carboxylic acids is 3. The fourth-order valence-corrected chi connectivity index (χ4v) is 4.38. The maximum atomic E-state index is 13.3. The molecule has 2 atom stereocenters. The molecule has 0 aromatic heterocycles. The van der Waals surface area contributed by atoms with Gasteiger partial charge in [0.25, 0.3) is 5.91 Å². The maximum Gasteiger partial charge on any atom is 0.317 e. The van der Waals surface area contributed by atoms with Gasteiger partial charge in [-0.3, -0.25) is 9.59 Å². The highest BCUT2D eigenvalue weighted by molar-refractivity contribution is 5.95. The van der Waals surface area contributed by atoms with Gasteiger partial charge in [-0.05, 0) is 37.3 Å². The normalized spacial score (nSPS) is 22.8. The van der Waals surface area contributed by atoms with Crippen LogP contribution in [-0.2, 0) is 4.79 Å². The number of hydrogen-bond donors (Lipinski definition) is 2. The van der Waals surface area contributed by atoms with Gasteiger partial charge in [0.1, 0.15) is 0 Å². The van der Waals surface area contributed by atoms with Crippen molar-refractivity contribution >= 4 is 17.8 Å². The number of carbonyl (C=O) groups is 3. The van der Waals surface area contributed by atoms with Gasteiger partial charge in [-0.2, -0.15) is 0 Å². The third-order valence-corrected chi connectivity index (χ3v) is 5.95. The lowest BCUT2D eigenvalue weighted by Gasteiger charge is -2.33. The zero-order chi connectivity index (χ0) is 21.5. The van der Waals surface area contributed by atoms with Crippen molar-refractivity contribution < 1.29 is 14.4 Å². The Morgan fingerprint density at radius 1 is 1.10 bits per heavy atom. The third kappa shape index (κ3) is 5.52. The van der Waals surface area contributed by atoms with E-state index in [1.807, 2.05) is 35.2 Å². The summed E-state index contributed by atoms with van der Waals surface area (Å²) in [6.07, 6.45) is 3.28. The molecule has 1 aromatic carbocycles. The fourth-order valence-electron chi connectivity index (χ4n) is 4.38. The van der Waals surface area contributed by atoms with E-state index >= 15 is 0 Å². The van der Waals surface area contributed by atoms with Crippen LogP contribution in [0, 0.1) is 11.8 Å². The fraction of sp³-hybridized carbons (Fsp3) is 0.609. The van der Waals surface area contributed by atoms with Gasteiger partial charge in [-0.1, -0.05) is 38.5 Å². The molecule has 0 spiro atoms. The van der Waals surface area contributed by atoms with E-state index in [1.54, 1.807) is 4.90 Å². The van der Waals surface area contributed by atoms with Crippen molar-refractivity contribution in [2.45, 2.75) is 45.6 Å². The summed E-state index contributed by atoms with van der Waals surface area (Å²) in [5.74, 6) is 0.151. The van der Waals surface area contributed by atoms with E-state index in [0.29, 0.717) is 50.6 Å². The number of hydrogen-bond acceptors (Lipinski definition) is 3. The van der Waals surface area contributed by atoms with Crippen LogP contribution in [0.5, 0.6) is 0 Å². The summed E-state index contributed by atoms with van der Waals surface area (Å²) in [5, 5.41) is 5.96. The zero-order valence-corrected chi connectivity index (χ0v) is 18.1. The molecule has 7 nitrogen and oxygen atoms in total. The van der Waals surface area contributed by atoms with Crippen molar-refractivity contribution in [2.24, 2.45) is 11.8 Å². The molecule has 164 valence electrons. The Morgan fingerprint density at radius 3 is 2.60 bits per heavy atom. The summed E-state index contributed by atoms with van der Waals surface area (Å²) in [4.78, 5) is 42.4. The summed E-state index contributed by atoms with van der Waals surface area (Å²) in [7, 11) is 0. The molecule has 0 radical (unpaired) electrons. The van der Waals surface area contributed by atoms with Crippen molar-refractivity contribution in [2.75, 3.05) is 32.7 Å². The highest BCUT2D eigenvalue weighted by Crippen LogP contribution is 2.31. The number of nitrogens with zero attached hydrogens (tertiary/aromatic N) is 2. The molecule has 2 fully saturated rings. The lowest BCUT2D eigenvalue weighted by atomic mass is 9.99. The number of amides is 4. The van der Waals surface area contributed by atoms with Gasteiger partial charge in [-0.15, -0.1) is 0 Å². The summed E-state index contributed by atoms with van der Waals surface area (Å²) in [5.41, 5.74) is 0.643. The van der Waals surface area contributed by atoms with Gasteiger partial charge in [-0.25, -0.2) is 4.79 Å². The van der Waals surface area contributed by atoms with E-state index in [-0.39, 0.29) is 29.8 Å². The van der Waals surface area contributed by atoms with Gasteiger partial charge < -0.3 is 20.4 Å². The van der Waals surface area contributed by atoms with Gasteiger partial charge in [0.05, 0.1) is 5.92 Å². The highest BCUT2D eigenvalue weighted by atomic mass is 16.2. The predicted octanol–water partition coefficient (Wildman–Crippen LogP) is 2.49. The Bertz CT molecular complexity index is 737. The van der Waals surface area contributed by atoms with Crippen LogP contribution in [0.25, 0.3) is 0 Å². The van der Waals surface area contributed by atoms with Crippen molar-refractivity contribution in [1.29, 1.82) is 0 Å². The summed E-state index contributed by atoms with van der Waals surface area (Å²) < 4.78 is 0. The molecule has 3 rings (SSSR count). The smallest absolute Gasteiger partial charge is 0.317 e. The first-order chi connectivity index (χ1) is 14.5. The lowest BCUT2D eigenvalue weighted by Crippen LogP contribution is -2.47. The SMILES string of the molecule is CC(C)CNC(=O)N1CCCN(C(=O)c2ccccc2)C2CCCC2C(=O)NCC1. The molecule has 7 heteroatoms. The Morgan fingerprint density at radius 2 is 1.87 bits per heavy atom. The Balaban J connectivity index is 1.76.